The zero-order chi connectivity index (χ0) is 15.9. The lowest BCUT2D eigenvalue weighted by molar-refractivity contribution is 0.0997. The smallest absolute Gasteiger partial charge is 0.291 e. The van der Waals surface area contributed by atoms with Gasteiger partial charge in [0, 0.05) is 22.0 Å². The number of halogens is 3. The molecule has 3 aromatic rings. The van der Waals surface area contributed by atoms with Gasteiger partial charge in [0.2, 0.25) is 0 Å². The van der Waals surface area contributed by atoms with Crippen LogP contribution < -0.4 is 5.32 Å². The van der Waals surface area contributed by atoms with E-state index in [4.69, 9.17) is 16.0 Å². The minimum Gasteiger partial charge on any atom is -0.451 e. The number of nitrogens with one attached hydrogen (secondary N) is 1. The van der Waals surface area contributed by atoms with Crippen LogP contribution in [0.3, 0.4) is 0 Å². The summed E-state index contributed by atoms with van der Waals surface area (Å²) < 4.78 is 31.9. The average molecular weight is 322 g/mol. The normalized spacial score (nSPS) is 10.9. The number of carbonyl (C=O) groups excluding carboxylic acids is 1. The van der Waals surface area contributed by atoms with Crippen molar-refractivity contribution in [3.8, 4) is 0 Å². The predicted molar refractivity (Wildman–Crippen MR) is 80.3 cm³/mol. The molecule has 0 aliphatic heterocycles. The van der Waals surface area contributed by atoms with Crippen LogP contribution in [0.2, 0.25) is 5.02 Å². The van der Waals surface area contributed by atoms with Crippen LogP contribution in [0.4, 0.5) is 14.5 Å². The summed E-state index contributed by atoms with van der Waals surface area (Å²) >= 11 is 5.92. The Kier molecular flexibility index (Phi) is 3.58. The van der Waals surface area contributed by atoms with Crippen molar-refractivity contribution in [2.45, 2.75) is 6.92 Å². The van der Waals surface area contributed by atoms with E-state index in [0.29, 0.717) is 27.6 Å². The van der Waals surface area contributed by atoms with Gasteiger partial charge in [-0.15, -0.1) is 0 Å². The molecule has 1 amide bonds. The van der Waals surface area contributed by atoms with Crippen molar-refractivity contribution in [1.82, 2.24) is 0 Å². The number of benzene rings is 2. The van der Waals surface area contributed by atoms with E-state index in [0.717, 1.165) is 12.1 Å². The van der Waals surface area contributed by atoms with Gasteiger partial charge in [0.05, 0.1) is 5.69 Å². The fraction of sp³-hybridized carbons (Fsp3) is 0.0625. The molecule has 1 N–H and O–H groups in total. The quantitative estimate of drug-likeness (QED) is 0.727. The number of hydrogen-bond acceptors (Lipinski definition) is 2. The molecular formula is C16H10ClF2NO2. The first-order valence-electron chi connectivity index (χ1n) is 6.41. The standard InChI is InChI=1S/C16H10ClF2NO2/c1-8-11-6-9(17)2-5-14(11)22-15(8)16(21)20-13-4-3-10(18)7-12(13)19/h2-7H,1H3,(H,20,21). The summed E-state index contributed by atoms with van der Waals surface area (Å²) in [7, 11) is 0. The Morgan fingerprint density at radius 2 is 1.95 bits per heavy atom. The topological polar surface area (TPSA) is 42.2 Å². The van der Waals surface area contributed by atoms with Gasteiger partial charge in [-0.05, 0) is 37.3 Å². The molecule has 1 heterocycles. The molecule has 112 valence electrons. The Hall–Kier alpha value is -2.40. The second-order valence-corrected chi connectivity index (χ2v) is 5.21. The first kappa shape index (κ1) is 14.5. The molecule has 0 spiro atoms. The highest BCUT2D eigenvalue weighted by molar-refractivity contribution is 6.31. The minimum atomic E-state index is -0.856. The van der Waals surface area contributed by atoms with E-state index in [1.54, 1.807) is 25.1 Å². The first-order chi connectivity index (χ1) is 10.5. The summed E-state index contributed by atoms with van der Waals surface area (Å²) in [6.07, 6.45) is 0. The molecule has 3 nitrogen and oxygen atoms in total. The maximum Gasteiger partial charge on any atom is 0.291 e. The van der Waals surface area contributed by atoms with Crippen LogP contribution in [0.1, 0.15) is 16.1 Å². The Balaban J connectivity index is 1.97. The largest absolute Gasteiger partial charge is 0.451 e. The molecule has 0 radical (unpaired) electrons. The van der Waals surface area contributed by atoms with E-state index in [1.165, 1.54) is 0 Å². The number of hydrogen-bond donors (Lipinski definition) is 1. The van der Waals surface area contributed by atoms with Gasteiger partial charge in [-0.25, -0.2) is 8.78 Å². The van der Waals surface area contributed by atoms with Crippen LogP contribution in [0.25, 0.3) is 11.0 Å². The maximum atomic E-state index is 13.6. The van der Waals surface area contributed by atoms with Crippen LogP contribution in [-0.2, 0) is 0 Å². The second-order valence-electron chi connectivity index (χ2n) is 4.77. The van der Waals surface area contributed by atoms with Crippen LogP contribution in [-0.4, -0.2) is 5.91 Å². The summed E-state index contributed by atoms with van der Waals surface area (Å²) in [4.78, 5) is 12.2. The highest BCUT2D eigenvalue weighted by Gasteiger charge is 2.19. The number of amides is 1. The molecule has 0 atom stereocenters. The molecular weight excluding hydrogens is 312 g/mol. The third-order valence-electron chi connectivity index (χ3n) is 3.28. The van der Waals surface area contributed by atoms with Gasteiger partial charge in [0.1, 0.15) is 17.2 Å². The van der Waals surface area contributed by atoms with Crippen molar-refractivity contribution < 1.29 is 18.0 Å². The molecule has 6 heteroatoms. The lowest BCUT2D eigenvalue weighted by Crippen LogP contribution is -2.13. The number of anilines is 1. The summed E-state index contributed by atoms with van der Waals surface area (Å²) in [5.74, 6) is -2.13. The first-order valence-corrected chi connectivity index (χ1v) is 6.78. The average Bonchev–Trinajstić information content (AvgIpc) is 2.79. The van der Waals surface area contributed by atoms with E-state index >= 15 is 0 Å². The highest BCUT2D eigenvalue weighted by Crippen LogP contribution is 2.28. The van der Waals surface area contributed by atoms with Crippen LogP contribution in [0, 0.1) is 18.6 Å². The van der Waals surface area contributed by atoms with E-state index in [-0.39, 0.29) is 11.4 Å². The van der Waals surface area contributed by atoms with Gasteiger partial charge in [-0.3, -0.25) is 4.79 Å². The van der Waals surface area contributed by atoms with Crippen molar-refractivity contribution in [2.24, 2.45) is 0 Å². The number of carbonyl (C=O) groups is 1. The Morgan fingerprint density at radius 3 is 2.68 bits per heavy atom. The monoisotopic (exact) mass is 321 g/mol. The summed E-state index contributed by atoms with van der Waals surface area (Å²) in [5.41, 5.74) is 0.980. The van der Waals surface area contributed by atoms with Gasteiger partial charge in [0.25, 0.3) is 5.91 Å². The van der Waals surface area contributed by atoms with Crippen molar-refractivity contribution in [3.63, 3.8) is 0 Å². The van der Waals surface area contributed by atoms with Crippen molar-refractivity contribution in [2.75, 3.05) is 5.32 Å². The molecule has 1 aromatic heterocycles. The Morgan fingerprint density at radius 1 is 1.18 bits per heavy atom. The fourth-order valence-electron chi connectivity index (χ4n) is 2.18. The molecule has 0 fully saturated rings. The molecule has 0 aliphatic rings. The third kappa shape index (κ3) is 2.55. The summed E-state index contributed by atoms with van der Waals surface area (Å²) in [5, 5.41) is 3.59. The number of furan rings is 1. The van der Waals surface area contributed by atoms with Crippen molar-refractivity contribution in [3.05, 3.63) is 64.4 Å². The van der Waals surface area contributed by atoms with E-state index in [1.807, 2.05) is 0 Å². The van der Waals surface area contributed by atoms with E-state index in [2.05, 4.69) is 5.32 Å². The van der Waals surface area contributed by atoms with Crippen molar-refractivity contribution >= 4 is 34.2 Å². The summed E-state index contributed by atoms with van der Waals surface area (Å²) in [6.45, 7) is 1.71. The van der Waals surface area contributed by atoms with Gasteiger partial charge in [0.15, 0.2) is 5.76 Å². The number of rotatable bonds is 2. The Labute approximate surface area is 129 Å². The molecule has 3 rings (SSSR count). The van der Waals surface area contributed by atoms with Gasteiger partial charge in [-0.2, -0.15) is 0 Å². The zero-order valence-electron chi connectivity index (χ0n) is 11.4. The van der Waals surface area contributed by atoms with E-state index in [9.17, 15) is 13.6 Å². The molecule has 22 heavy (non-hydrogen) atoms. The molecule has 0 saturated heterocycles. The molecule has 0 unspecified atom stereocenters. The lowest BCUT2D eigenvalue weighted by atomic mass is 10.1. The van der Waals surface area contributed by atoms with E-state index < -0.39 is 17.5 Å². The van der Waals surface area contributed by atoms with Gasteiger partial charge >= 0.3 is 0 Å². The fourth-order valence-corrected chi connectivity index (χ4v) is 2.35. The molecule has 2 aromatic carbocycles. The Bertz CT molecular complexity index is 889. The highest BCUT2D eigenvalue weighted by atomic mass is 35.5. The lowest BCUT2D eigenvalue weighted by Gasteiger charge is -2.05. The maximum absolute atomic E-state index is 13.6. The molecule has 0 bridgehead atoms. The van der Waals surface area contributed by atoms with Gasteiger partial charge < -0.3 is 9.73 Å². The zero-order valence-corrected chi connectivity index (χ0v) is 12.2. The van der Waals surface area contributed by atoms with Crippen LogP contribution in [0.5, 0.6) is 0 Å². The molecule has 0 aliphatic carbocycles. The summed E-state index contributed by atoms with van der Waals surface area (Å²) in [6, 6.07) is 7.89. The second kappa shape index (κ2) is 5.42. The van der Waals surface area contributed by atoms with Crippen LogP contribution >= 0.6 is 11.6 Å². The van der Waals surface area contributed by atoms with Crippen molar-refractivity contribution in [1.29, 1.82) is 0 Å². The minimum absolute atomic E-state index is 0.0565. The van der Waals surface area contributed by atoms with Gasteiger partial charge in [-0.1, -0.05) is 11.6 Å². The predicted octanol–water partition coefficient (Wildman–Crippen LogP) is 4.93. The van der Waals surface area contributed by atoms with Crippen LogP contribution in [0.15, 0.2) is 40.8 Å². The SMILES string of the molecule is Cc1c(C(=O)Nc2ccc(F)cc2F)oc2ccc(Cl)cc12. The number of aryl methyl sites for hydroxylation is 1. The molecule has 0 saturated carbocycles. The third-order valence-corrected chi connectivity index (χ3v) is 3.52. The number of fused-ring (bicyclic) bond motifs is 1.